The Kier molecular flexibility index (Phi) is 3.33. The van der Waals surface area contributed by atoms with E-state index in [1.807, 2.05) is 18.2 Å². The highest BCUT2D eigenvalue weighted by molar-refractivity contribution is 6.02. The molecule has 132 valence electrons. The maximum Gasteiger partial charge on any atom is 0.251 e. The summed E-state index contributed by atoms with van der Waals surface area (Å²) in [5, 5.41) is 2.77. The molecule has 1 N–H and O–H groups in total. The van der Waals surface area contributed by atoms with Crippen molar-refractivity contribution in [2.75, 3.05) is 0 Å². The van der Waals surface area contributed by atoms with Gasteiger partial charge in [-0.3, -0.25) is 4.79 Å². The van der Waals surface area contributed by atoms with Gasteiger partial charge in [0.2, 0.25) is 0 Å². The van der Waals surface area contributed by atoms with Crippen molar-refractivity contribution in [1.82, 2.24) is 10.3 Å². The summed E-state index contributed by atoms with van der Waals surface area (Å²) in [6.45, 7) is 0.416. The summed E-state index contributed by atoms with van der Waals surface area (Å²) in [6.07, 6.45) is 1.36. The van der Waals surface area contributed by atoms with Crippen LogP contribution >= 0.6 is 0 Å². The Balaban J connectivity index is 1.80. The molecule has 0 bridgehead atoms. The molecule has 0 aliphatic carbocycles. The van der Waals surface area contributed by atoms with Gasteiger partial charge in [-0.15, -0.1) is 0 Å². The molecule has 1 aliphatic rings. The third-order valence-electron chi connectivity index (χ3n) is 4.79. The van der Waals surface area contributed by atoms with E-state index in [-0.39, 0.29) is 11.5 Å². The van der Waals surface area contributed by atoms with E-state index in [9.17, 15) is 13.6 Å². The second-order valence-corrected chi connectivity index (χ2v) is 6.40. The lowest BCUT2D eigenvalue weighted by atomic mass is 9.90. The topological polar surface area (TPSA) is 55.1 Å². The number of carbonyl (C=O) groups excluding carboxylic acids is 1. The van der Waals surface area contributed by atoms with Gasteiger partial charge in [-0.1, -0.05) is 6.07 Å². The summed E-state index contributed by atoms with van der Waals surface area (Å²) in [5.74, 6) is -1.54. The molecule has 0 saturated heterocycles. The van der Waals surface area contributed by atoms with Crippen molar-refractivity contribution < 1.29 is 18.0 Å². The molecule has 0 atom stereocenters. The maximum absolute atomic E-state index is 14.5. The number of nitrogens with one attached hydrogen (secondary N) is 1. The first-order valence-electron chi connectivity index (χ1n) is 8.34. The summed E-state index contributed by atoms with van der Waals surface area (Å²) >= 11 is 0. The number of rotatable bonds is 2. The quantitative estimate of drug-likeness (QED) is 0.563. The van der Waals surface area contributed by atoms with Gasteiger partial charge in [0, 0.05) is 23.7 Å². The average molecular weight is 362 g/mol. The molecule has 3 aromatic carbocycles. The molecule has 27 heavy (non-hydrogen) atoms. The Morgan fingerprint density at radius 1 is 0.926 bits per heavy atom. The van der Waals surface area contributed by atoms with E-state index in [0.29, 0.717) is 28.8 Å². The van der Waals surface area contributed by atoms with Crippen molar-refractivity contribution in [3.8, 4) is 22.3 Å². The number of hydrogen-bond donors (Lipinski definition) is 1. The standard InChI is InChI=1S/C21H12F2N2O2/c22-13-2-3-14(18(23)7-13)17-8-16-12(9-24-21(16)26)5-15(17)11-1-4-20-19(6-11)25-10-27-20/h1-8,10H,9H2,(H,24,26). The third-order valence-corrected chi connectivity index (χ3v) is 4.79. The zero-order valence-electron chi connectivity index (χ0n) is 13.9. The number of carbonyl (C=O) groups is 1. The highest BCUT2D eigenvalue weighted by Crippen LogP contribution is 2.38. The van der Waals surface area contributed by atoms with Crippen LogP contribution in [0.3, 0.4) is 0 Å². The Bertz CT molecular complexity index is 1230. The van der Waals surface area contributed by atoms with Crippen LogP contribution in [0.15, 0.2) is 59.3 Å². The van der Waals surface area contributed by atoms with Crippen LogP contribution in [0.5, 0.6) is 0 Å². The minimum absolute atomic E-state index is 0.202. The number of fused-ring (bicyclic) bond motifs is 2. The van der Waals surface area contributed by atoms with E-state index < -0.39 is 11.6 Å². The van der Waals surface area contributed by atoms with Crippen molar-refractivity contribution >= 4 is 17.0 Å². The molecule has 0 fully saturated rings. The molecule has 0 radical (unpaired) electrons. The lowest BCUT2D eigenvalue weighted by Gasteiger charge is -2.13. The van der Waals surface area contributed by atoms with Gasteiger partial charge in [-0.25, -0.2) is 13.8 Å². The van der Waals surface area contributed by atoms with Crippen molar-refractivity contribution in [2.45, 2.75) is 6.54 Å². The monoisotopic (exact) mass is 362 g/mol. The molecule has 1 aliphatic heterocycles. The van der Waals surface area contributed by atoms with Gasteiger partial charge in [0.25, 0.3) is 5.91 Å². The molecule has 5 rings (SSSR count). The van der Waals surface area contributed by atoms with Crippen LogP contribution in [0.4, 0.5) is 8.78 Å². The van der Waals surface area contributed by atoms with Crippen molar-refractivity contribution in [1.29, 1.82) is 0 Å². The second-order valence-electron chi connectivity index (χ2n) is 6.40. The van der Waals surface area contributed by atoms with E-state index in [1.54, 1.807) is 12.1 Å². The second kappa shape index (κ2) is 5.74. The molecule has 4 aromatic rings. The molecular formula is C21H12F2N2O2. The van der Waals surface area contributed by atoms with Gasteiger partial charge >= 0.3 is 0 Å². The zero-order valence-corrected chi connectivity index (χ0v) is 13.9. The summed E-state index contributed by atoms with van der Waals surface area (Å²) < 4.78 is 33.2. The normalized spacial score (nSPS) is 13.0. The Hall–Kier alpha value is -3.54. The van der Waals surface area contributed by atoms with Gasteiger partial charge in [0.15, 0.2) is 12.0 Å². The minimum Gasteiger partial charge on any atom is -0.443 e. The number of nitrogens with zero attached hydrogens (tertiary/aromatic N) is 1. The van der Waals surface area contributed by atoms with E-state index in [0.717, 1.165) is 22.8 Å². The SMILES string of the molecule is O=C1NCc2cc(-c3ccc4ocnc4c3)c(-c3ccc(F)cc3F)cc21. The van der Waals surface area contributed by atoms with Gasteiger partial charge in [-0.2, -0.15) is 0 Å². The molecule has 0 saturated carbocycles. The number of halogens is 2. The Morgan fingerprint density at radius 3 is 2.67 bits per heavy atom. The molecule has 4 nitrogen and oxygen atoms in total. The van der Waals surface area contributed by atoms with E-state index in [1.165, 1.54) is 18.5 Å². The van der Waals surface area contributed by atoms with Crippen molar-refractivity contribution in [3.63, 3.8) is 0 Å². The average Bonchev–Trinajstić information content (AvgIpc) is 3.27. The first-order chi connectivity index (χ1) is 13.1. The lowest BCUT2D eigenvalue weighted by Crippen LogP contribution is -2.12. The molecular weight excluding hydrogens is 350 g/mol. The van der Waals surface area contributed by atoms with E-state index in [2.05, 4.69) is 10.3 Å². The summed E-state index contributed by atoms with van der Waals surface area (Å²) in [5.41, 5.74) is 4.94. The largest absolute Gasteiger partial charge is 0.443 e. The van der Waals surface area contributed by atoms with Crippen LogP contribution in [0.1, 0.15) is 15.9 Å². The van der Waals surface area contributed by atoms with Gasteiger partial charge < -0.3 is 9.73 Å². The molecule has 0 spiro atoms. The van der Waals surface area contributed by atoms with Crippen LogP contribution in [-0.2, 0) is 6.54 Å². The predicted molar refractivity (Wildman–Crippen MR) is 96.0 cm³/mol. The Morgan fingerprint density at radius 2 is 1.81 bits per heavy atom. The van der Waals surface area contributed by atoms with Crippen LogP contribution < -0.4 is 5.32 Å². The third kappa shape index (κ3) is 2.49. The van der Waals surface area contributed by atoms with Crippen molar-refractivity contribution in [2.24, 2.45) is 0 Å². The van der Waals surface area contributed by atoms with Gasteiger partial charge in [-0.05, 0) is 58.7 Å². The molecule has 1 aromatic heterocycles. The molecule has 1 amide bonds. The smallest absolute Gasteiger partial charge is 0.251 e. The lowest BCUT2D eigenvalue weighted by molar-refractivity contribution is 0.0966. The maximum atomic E-state index is 14.5. The highest BCUT2D eigenvalue weighted by atomic mass is 19.1. The fourth-order valence-electron chi connectivity index (χ4n) is 3.47. The first kappa shape index (κ1) is 15.7. The fraction of sp³-hybridized carbons (Fsp3) is 0.0476. The van der Waals surface area contributed by atoms with Crippen LogP contribution in [0.2, 0.25) is 0 Å². The molecule has 6 heteroatoms. The fourth-order valence-corrected chi connectivity index (χ4v) is 3.47. The van der Waals surface area contributed by atoms with E-state index in [4.69, 9.17) is 4.42 Å². The number of aromatic nitrogens is 1. The van der Waals surface area contributed by atoms with E-state index >= 15 is 0 Å². The number of hydrogen-bond acceptors (Lipinski definition) is 3. The first-order valence-corrected chi connectivity index (χ1v) is 8.34. The molecule has 0 unspecified atom stereocenters. The predicted octanol–water partition coefficient (Wildman–Crippen LogP) is 4.68. The number of benzene rings is 3. The summed E-state index contributed by atoms with van der Waals surface area (Å²) in [4.78, 5) is 16.3. The van der Waals surface area contributed by atoms with Crippen molar-refractivity contribution in [3.05, 3.63) is 77.7 Å². The van der Waals surface area contributed by atoms with Gasteiger partial charge in [0.05, 0.1) is 0 Å². The number of amides is 1. The minimum atomic E-state index is -0.683. The number of oxazole rings is 1. The highest BCUT2D eigenvalue weighted by Gasteiger charge is 2.23. The zero-order chi connectivity index (χ0) is 18.5. The van der Waals surface area contributed by atoms with Crippen LogP contribution in [-0.4, -0.2) is 10.9 Å². The summed E-state index contributed by atoms with van der Waals surface area (Å²) in [6, 6.07) is 12.4. The van der Waals surface area contributed by atoms with Crippen LogP contribution in [0.25, 0.3) is 33.4 Å². The Labute approximate surface area is 152 Å². The van der Waals surface area contributed by atoms with Crippen LogP contribution in [0, 0.1) is 11.6 Å². The molecule has 2 heterocycles. The summed E-state index contributed by atoms with van der Waals surface area (Å²) in [7, 11) is 0. The van der Waals surface area contributed by atoms with Gasteiger partial charge in [0.1, 0.15) is 17.2 Å².